The largest absolute Gasteiger partial charge is 0.451 e. The van der Waals surface area contributed by atoms with E-state index >= 15 is 0 Å². The van der Waals surface area contributed by atoms with Crippen LogP contribution in [-0.4, -0.2) is 19.3 Å². The molecule has 0 unspecified atom stereocenters. The van der Waals surface area contributed by atoms with Crippen LogP contribution in [0.3, 0.4) is 0 Å². The van der Waals surface area contributed by atoms with Gasteiger partial charge in [0.25, 0.3) is 5.91 Å². The molecule has 0 bridgehead atoms. The van der Waals surface area contributed by atoms with Crippen molar-refractivity contribution in [3.05, 3.63) is 59.9 Å². The van der Waals surface area contributed by atoms with Crippen LogP contribution >= 0.6 is 11.8 Å². The molecule has 1 aromatic heterocycles. The lowest BCUT2D eigenvalue weighted by atomic mass is 10.1. The molecule has 0 saturated carbocycles. The molecule has 4 nitrogen and oxygen atoms in total. The first-order valence-corrected chi connectivity index (χ1v) is 8.40. The fourth-order valence-electron chi connectivity index (χ4n) is 2.50. The van der Waals surface area contributed by atoms with Gasteiger partial charge in [-0.05, 0) is 24.5 Å². The number of hydrogen-bond donors (Lipinski definition) is 1. The van der Waals surface area contributed by atoms with Crippen molar-refractivity contribution in [2.24, 2.45) is 0 Å². The highest BCUT2D eigenvalue weighted by molar-refractivity contribution is 7.98. The number of para-hydroxylation sites is 2. The highest BCUT2D eigenvalue weighted by atomic mass is 32.2. The Morgan fingerprint density at radius 2 is 1.91 bits per heavy atom. The number of anilines is 1. The molecule has 1 heterocycles. The van der Waals surface area contributed by atoms with E-state index in [1.165, 1.54) is 0 Å². The normalized spacial score (nSPS) is 10.9. The fraction of sp³-hybridized carbons (Fsp3) is 0.167. The van der Waals surface area contributed by atoms with Gasteiger partial charge < -0.3 is 14.5 Å². The Morgan fingerprint density at radius 3 is 2.70 bits per heavy atom. The number of furan rings is 1. The number of carbonyl (C=O) groups excluding carboxylic acids is 1. The molecule has 1 N–H and O–H groups in total. The molecule has 0 saturated heterocycles. The van der Waals surface area contributed by atoms with Crippen LogP contribution in [0.15, 0.2) is 57.8 Å². The molecule has 0 spiro atoms. The number of rotatable bonds is 5. The topological polar surface area (TPSA) is 51.5 Å². The number of nitrogens with one attached hydrogen (secondary N) is 1. The van der Waals surface area contributed by atoms with E-state index in [9.17, 15) is 4.79 Å². The molecule has 2 aromatic carbocycles. The molecule has 1 amide bonds. The van der Waals surface area contributed by atoms with Gasteiger partial charge >= 0.3 is 0 Å². The van der Waals surface area contributed by atoms with Gasteiger partial charge in [-0.3, -0.25) is 4.79 Å². The molecule has 0 radical (unpaired) electrons. The summed E-state index contributed by atoms with van der Waals surface area (Å²) >= 11 is 1.58. The van der Waals surface area contributed by atoms with Gasteiger partial charge in [0.15, 0.2) is 5.76 Å². The Bertz CT molecular complexity index is 841. The maximum Gasteiger partial charge on any atom is 0.291 e. The summed E-state index contributed by atoms with van der Waals surface area (Å²) < 4.78 is 11.0. The number of hydrogen-bond acceptors (Lipinski definition) is 4. The maximum atomic E-state index is 12.7. The predicted molar refractivity (Wildman–Crippen MR) is 93.1 cm³/mol. The molecule has 118 valence electrons. The zero-order chi connectivity index (χ0) is 16.2. The van der Waals surface area contributed by atoms with E-state index in [4.69, 9.17) is 9.15 Å². The van der Waals surface area contributed by atoms with Gasteiger partial charge in [0.05, 0.1) is 12.3 Å². The summed E-state index contributed by atoms with van der Waals surface area (Å²) in [7, 11) is 1.60. The smallest absolute Gasteiger partial charge is 0.291 e. The number of benzene rings is 2. The second kappa shape index (κ2) is 6.89. The summed E-state index contributed by atoms with van der Waals surface area (Å²) in [6.07, 6.45) is 1.97. The summed E-state index contributed by atoms with van der Waals surface area (Å²) in [5, 5.41) is 3.83. The Kier molecular flexibility index (Phi) is 4.69. The SMILES string of the molecule is COCc1c(C(=O)Nc2ccccc2SC)oc2ccccc12. The number of ether oxygens (including phenoxy) is 1. The van der Waals surface area contributed by atoms with Crippen LogP contribution in [0, 0.1) is 0 Å². The average molecular weight is 327 g/mol. The van der Waals surface area contributed by atoms with Crippen LogP contribution in [0.25, 0.3) is 11.0 Å². The number of fused-ring (bicyclic) bond motifs is 1. The van der Waals surface area contributed by atoms with E-state index in [0.717, 1.165) is 21.5 Å². The second-order valence-electron chi connectivity index (χ2n) is 4.99. The van der Waals surface area contributed by atoms with Gasteiger partial charge in [0, 0.05) is 23.0 Å². The lowest BCUT2D eigenvalue weighted by Gasteiger charge is -2.08. The highest BCUT2D eigenvalue weighted by Gasteiger charge is 2.21. The summed E-state index contributed by atoms with van der Waals surface area (Å²) in [6, 6.07) is 15.3. The van der Waals surface area contributed by atoms with Crippen LogP contribution < -0.4 is 5.32 Å². The van der Waals surface area contributed by atoms with Crippen molar-refractivity contribution in [1.82, 2.24) is 0 Å². The summed E-state index contributed by atoms with van der Waals surface area (Å²) in [5.41, 5.74) is 2.22. The monoisotopic (exact) mass is 327 g/mol. The van der Waals surface area contributed by atoms with E-state index in [1.54, 1.807) is 18.9 Å². The maximum absolute atomic E-state index is 12.7. The van der Waals surface area contributed by atoms with E-state index in [1.807, 2.05) is 54.8 Å². The van der Waals surface area contributed by atoms with Crippen LogP contribution in [0.4, 0.5) is 5.69 Å². The molecule has 5 heteroatoms. The summed E-state index contributed by atoms with van der Waals surface area (Å²) in [6.45, 7) is 0.323. The van der Waals surface area contributed by atoms with Crippen LogP contribution in [0.2, 0.25) is 0 Å². The molecule has 3 aromatic rings. The second-order valence-corrected chi connectivity index (χ2v) is 5.84. The van der Waals surface area contributed by atoms with Crippen molar-refractivity contribution in [2.45, 2.75) is 11.5 Å². The standard InChI is InChI=1S/C18H17NO3S/c1-21-11-13-12-7-3-5-9-15(12)22-17(13)18(20)19-14-8-4-6-10-16(14)23-2/h3-10H,11H2,1-2H3,(H,19,20). The molecule has 0 aliphatic heterocycles. The highest BCUT2D eigenvalue weighted by Crippen LogP contribution is 2.29. The number of carbonyl (C=O) groups is 1. The van der Waals surface area contributed by atoms with Gasteiger partial charge in [0.1, 0.15) is 5.58 Å². The molecule has 0 aliphatic carbocycles. The molecule has 0 aliphatic rings. The third-order valence-corrected chi connectivity index (χ3v) is 4.34. The van der Waals surface area contributed by atoms with E-state index in [0.29, 0.717) is 18.0 Å². The lowest BCUT2D eigenvalue weighted by Crippen LogP contribution is -2.13. The average Bonchev–Trinajstić information content (AvgIpc) is 2.95. The minimum Gasteiger partial charge on any atom is -0.451 e. The quantitative estimate of drug-likeness (QED) is 0.698. The third-order valence-electron chi connectivity index (χ3n) is 3.55. The zero-order valence-electron chi connectivity index (χ0n) is 13.0. The molecule has 0 atom stereocenters. The van der Waals surface area contributed by atoms with Crippen LogP contribution in [-0.2, 0) is 11.3 Å². The molecule has 0 fully saturated rings. The Hall–Kier alpha value is -2.24. The first-order chi connectivity index (χ1) is 11.2. The van der Waals surface area contributed by atoms with Crippen molar-refractivity contribution >= 4 is 34.3 Å². The molecule has 23 heavy (non-hydrogen) atoms. The molecule has 3 rings (SSSR count). The lowest BCUT2D eigenvalue weighted by molar-refractivity contribution is 0.0992. The minimum absolute atomic E-state index is 0.269. The van der Waals surface area contributed by atoms with Gasteiger partial charge in [-0.25, -0.2) is 0 Å². The Labute approximate surface area is 138 Å². The van der Waals surface area contributed by atoms with Gasteiger partial charge in [-0.2, -0.15) is 0 Å². The predicted octanol–water partition coefficient (Wildman–Crippen LogP) is 4.55. The third kappa shape index (κ3) is 3.11. The number of methoxy groups -OCH3 is 1. The van der Waals surface area contributed by atoms with E-state index < -0.39 is 0 Å². The fourth-order valence-corrected chi connectivity index (χ4v) is 3.05. The molecular weight excluding hydrogens is 310 g/mol. The van der Waals surface area contributed by atoms with Gasteiger partial charge in [-0.1, -0.05) is 30.3 Å². The Morgan fingerprint density at radius 1 is 1.17 bits per heavy atom. The number of thioether (sulfide) groups is 1. The van der Waals surface area contributed by atoms with Gasteiger partial charge in [-0.15, -0.1) is 11.8 Å². The first kappa shape index (κ1) is 15.6. The van der Waals surface area contributed by atoms with Crippen molar-refractivity contribution in [1.29, 1.82) is 0 Å². The summed E-state index contributed by atoms with van der Waals surface area (Å²) in [5.74, 6) is 0.0266. The van der Waals surface area contributed by atoms with E-state index in [-0.39, 0.29) is 5.91 Å². The first-order valence-electron chi connectivity index (χ1n) is 7.18. The zero-order valence-corrected chi connectivity index (χ0v) is 13.8. The minimum atomic E-state index is -0.269. The molecular formula is C18H17NO3S. The van der Waals surface area contributed by atoms with Crippen molar-refractivity contribution in [2.75, 3.05) is 18.7 Å². The van der Waals surface area contributed by atoms with Crippen molar-refractivity contribution in [3.8, 4) is 0 Å². The van der Waals surface area contributed by atoms with Crippen LogP contribution in [0.5, 0.6) is 0 Å². The van der Waals surface area contributed by atoms with Gasteiger partial charge in [0.2, 0.25) is 0 Å². The van der Waals surface area contributed by atoms with E-state index in [2.05, 4.69) is 5.32 Å². The summed E-state index contributed by atoms with van der Waals surface area (Å²) in [4.78, 5) is 13.7. The Balaban J connectivity index is 1.99. The number of amides is 1. The van der Waals surface area contributed by atoms with Crippen molar-refractivity contribution < 1.29 is 13.9 Å². The van der Waals surface area contributed by atoms with Crippen molar-refractivity contribution in [3.63, 3.8) is 0 Å². The van der Waals surface area contributed by atoms with Crippen LogP contribution in [0.1, 0.15) is 16.1 Å².